The first-order valence-electron chi connectivity index (χ1n) is 8.12. The molecule has 1 fully saturated rings. The lowest BCUT2D eigenvalue weighted by molar-refractivity contribution is 0.280. The van der Waals surface area contributed by atoms with E-state index >= 15 is 0 Å². The van der Waals surface area contributed by atoms with Crippen molar-refractivity contribution >= 4 is 5.95 Å². The van der Waals surface area contributed by atoms with Crippen LogP contribution in [0.15, 0.2) is 30.5 Å². The van der Waals surface area contributed by atoms with Crippen molar-refractivity contribution in [2.24, 2.45) is 0 Å². The highest BCUT2D eigenvalue weighted by Crippen LogP contribution is 2.17. The van der Waals surface area contributed by atoms with Crippen LogP contribution in [0.1, 0.15) is 28.8 Å². The van der Waals surface area contributed by atoms with Gasteiger partial charge in [0, 0.05) is 43.1 Å². The Morgan fingerprint density at radius 2 is 2.04 bits per heavy atom. The number of benzene rings is 1. The molecule has 0 unspecified atom stereocenters. The van der Waals surface area contributed by atoms with Crippen LogP contribution in [-0.2, 0) is 13.2 Å². The summed E-state index contributed by atoms with van der Waals surface area (Å²) in [5.74, 6) is 0.655. The maximum Gasteiger partial charge on any atom is 0.223 e. The zero-order valence-electron chi connectivity index (χ0n) is 13.8. The van der Waals surface area contributed by atoms with Crippen molar-refractivity contribution < 1.29 is 5.11 Å². The van der Waals surface area contributed by atoms with Gasteiger partial charge in [-0.05, 0) is 25.8 Å². The molecule has 1 atom stereocenters. The van der Waals surface area contributed by atoms with E-state index < -0.39 is 0 Å². The van der Waals surface area contributed by atoms with Crippen LogP contribution in [0, 0.1) is 13.8 Å². The van der Waals surface area contributed by atoms with Gasteiger partial charge >= 0.3 is 0 Å². The number of likely N-dealkylation sites (tertiary alicyclic amines) is 1. The van der Waals surface area contributed by atoms with Gasteiger partial charge in [0.2, 0.25) is 5.95 Å². The lowest BCUT2D eigenvalue weighted by Gasteiger charge is -2.17. The molecule has 1 saturated heterocycles. The van der Waals surface area contributed by atoms with Crippen molar-refractivity contribution in [1.82, 2.24) is 14.9 Å². The summed E-state index contributed by atoms with van der Waals surface area (Å²) in [6.45, 7) is 7.07. The quantitative estimate of drug-likeness (QED) is 0.887. The second-order valence-corrected chi connectivity index (χ2v) is 6.31. The van der Waals surface area contributed by atoms with E-state index in [0.717, 1.165) is 37.3 Å². The molecule has 1 aliphatic heterocycles. The number of hydrogen-bond acceptors (Lipinski definition) is 5. The minimum absolute atomic E-state index is 0.0140. The van der Waals surface area contributed by atoms with Crippen molar-refractivity contribution in [1.29, 1.82) is 0 Å². The Balaban J connectivity index is 1.55. The van der Waals surface area contributed by atoms with Gasteiger partial charge in [-0.1, -0.05) is 29.8 Å². The van der Waals surface area contributed by atoms with Gasteiger partial charge in [-0.3, -0.25) is 4.90 Å². The molecule has 0 aliphatic carbocycles. The normalized spacial score (nSPS) is 18.3. The zero-order valence-corrected chi connectivity index (χ0v) is 13.8. The third-order valence-electron chi connectivity index (χ3n) is 4.38. The summed E-state index contributed by atoms with van der Waals surface area (Å²) in [7, 11) is 0. The maximum atomic E-state index is 9.18. The summed E-state index contributed by atoms with van der Waals surface area (Å²) in [5.41, 5.74) is 4.27. The zero-order chi connectivity index (χ0) is 16.2. The highest BCUT2D eigenvalue weighted by molar-refractivity contribution is 5.30. The molecule has 1 aliphatic rings. The molecule has 0 radical (unpaired) electrons. The van der Waals surface area contributed by atoms with Crippen LogP contribution in [0.25, 0.3) is 0 Å². The topological polar surface area (TPSA) is 61.3 Å². The van der Waals surface area contributed by atoms with E-state index in [2.05, 4.69) is 51.4 Å². The van der Waals surface area contributed by atoms with Gasteiger partial charge in [-0.2, -0.15) is 0 Å². The SMILES string of the molecule is Cc1ccc(CN2CC[C@@H](Nc3ncc(CO)c(C)n3)C2)cc1. The Kier molecular flexibility index (Phi) is 4.88. The number of nitrogens with zero attached hydrogens (tertiary/aromatic N) is 3. The molecule has 0 spiro atoms. The first-order chi connectivity index (χ1) is 11.1. The number of aromatic nitrogens is 2. The van der Waals surface area contributed by atoms with Crippen LogP contribution in [0.5, 0.6) is 0 Å². The predicted octanol–water partition coefficient (Wildman–Crippen LogP) is 2.27. The summed E-state index contributed by atoms with van der Waals surface area (Å²) in [6, 6.07) is 9.12. The second kappa shape index (κ2) is 7.06. The number of aliphatic hydroxyl groups excluding tert-OH is 1. The number of rotatable bonds is 5. The van der Waals surface area contributed by atoms with E-state index in [1.54, 1.807) is 6.20 Å². The van der Waals surface area contributed by atoms with Gasteiger partial charge in [-0.25, -0.2) is 9.97 Å². The first kappa shape index (κ1) is 15.9. The summed E-state index contributed by atoms with van der Waals surface area (Å²) < 4.78 is 0. The highest BCUT2D eigenvalue weighted by atomic mass is 16.3. The Hall–Kier alpha value is -1.98. The van der Waals surface area contributed by atoms with Crippen molar-refractivity contribution in [3.05, 3.63) is 52.8 Å². The first-order valence-corrected chi connectivity index (χ1v) is 8.12. The van der Waals surface area contributed by atoms with Crippen LogP contribution >= 0.6 is 0 Å². The summed E-state index contributed by atoms with van der Waals surface area (Å²) in [5, 5.41) is 12.6. The third-order valence-corrected chi connectivity index (χ3v) is 4.38. The van der Waals surface area contributed by atoms with Crippen LogP contribution in [0.3, 0.4) is 0 Å². The van der Waals surface area contributed by atoms with E-state index in [9.17, 15) is 5.11 Å². The number of nitrogens with one attached hydrogen (secondary N) is 1. The fourth-order valence-corrected chi connectivity index (χ4v) is 2.95. The predicted molar refractivity (Wildman–Crippen MR) is 91.2 cm³/mol. The fourth-order valence-electron chi connectivity index (χ4n) is 2.95. The Labute approximate surface area is 137 Å². The average molecular weight is 312 g/mol. The van der Waals surface area contributed by atoms with Gasteiger partial charge in [0.25, 0.3) is 0 Å². The summed E-state index contributed by atoms with van der Waals surface area (Å²) in [6.07, 6.45) is 2.79. The molecule has 2 aromatic rings. The molecular formula is C18H24N4O. The minimum Gasteiger partial charge on any atom is -0.392 e. The average Bonchev–Trinajstić information content (AvgIpc) is 2.97. The molecule has 23 heavy (non-hydrogen) atoms. The van der Waals surface area contributed by atoms with Gasteiger partial charge < -0.3 is 10.4 Å². The third kappa shape index (κ3) is 4.06. The number of aryl methyl sites for hydroxylation is 2. The Morgan fingerprint density at radius 3 is 2.74 bits per heavy atom. The van der Waals surface area contributed by atoms with Crippen LogP contribution in [0.4, 0.5) is 5.95 Å². The van der Waals surface area contributed by atoms with E-state index in [4.69, 9.17) is 0 Å². The maximum absolute atomic E-state index is 9.18. The lowest BCUT2D eigenvalue weighted by atomic mass is 10.1. The van der Waals surface area contributed by atoms with E-state index in [1.165, 1.54) is 11.1 Å². The standard InChI is InChI=1S/C18H24N4O/c1-13-3-5-15(6-4-13)10-22-8-7-17(11-22)21-18-19-9-16(12-23)14(2)20-18/h3-6,9,17,23H,7-8,10-12H2,1-2H3,(H,19,20,21)/t17-/m1/s1. The van der Waals surface area contributed by atoms with Gasteiger partial charge in [0.15, 0.2) is 0 Å². The van der Waals surface area contributed by atoms with Gasteiger partial charge in [0.1, 0.15) is 0 Å². The van der Waals surface area contributed by atoms with Crippen molar-refractivity contribution in [3.63, 3.8) is 0 Å². The minimum atomic E-state index is -0.0140. The molecular weight excluding hydrogens is 288 g/mol. The fraction of sp³-hybridized carbons (Fsp3) is 0.444. The largest absolute Gasteiger partial charge is 0.392 e. The molecule has 2 N–H and O–H groups in total. The number of aliphatic hydroxyl groups is 1. The molecule has 5 heteroatoms. The van der Waals surface area contributed by atoms with Crippen molar-refractivity contribution in [2.45, 2.75) is 39.5 Å². The summed E-state index contributed by atoms with van der Waals surface area (Å²) >= 11 is 0. The lowest BCUT2D eigenvalue weighted by Crippen LogP contribution is -2.26. The summed E-state index contributed by atoms with van der Waals surface area (Å²) in [4.78, 5) is 11.2. The smallest absolute Gasteiger partial charge is 0.223 e. The molecule has 5 nitrogen and oxygen atoms in total. The molecule has 1 aromatic carbocycles. The molecule has 0 bridgehead atoms. The Morgan fingerprint density at radius 1 is 1.26 bits per heavy atom. The Bertz CT molecular complexity index is 657. The van der Waals surface area contributed by atoms with Gasteiger partial charge in [-0.15, -0.1) is 0 Å². The van der Waals surface area contributed by atoms with Crippen molar-refractivity contribution in [3.8, 4) is 0 Å². The molecule has 1 aromatic heterocycles. The molecule has 122 valence electrons. The highest BCUT2D eigenvalue weighted by Gasteiger charge is 2.23. The molecule has 0 amide bonds. The molecule has 3 rings (SSSR count). The number of anilines is 1. The van der Waals surface area contributed by atoms with E-state index in [0.29, 0.717) is 12.0 Å². The monoisotopic (exact) mass is 312 g/mol. The van der Waals surface area contributed by atoms with Crippen LogP contribution < -0.4 is 5.32 Å². The van der Waals surface area contributed by atoms with Gasteiger partial charge in [0.05, 0.1) is 6.61 Å². The van der Waals surface area contributed by atoms with E-state index in [1.807, 2.05) is 6.92 Å². The van der Waals surface area contributed by atoms with Crippen LogP contribution in [0.2, 0.25) is 0 Å². The van der Waals surface area contributed by atoms with Crippen molar-refractivity contribution in [2.75, 3.05) is 18.4 Å². The van der Waals surface area contributed by atoms with Crippen LogP contribution in [-0.4, -0.2) is 39.1 Å². The molecule has 2 heterocycles. The molecule has 0 saturated carbocycles. The number of hydrogen-bond donors (Lipinski definition) is 2. The van der Waals surface area contributed by atoms with E-state index in [-0.39, 0.29) is 6.61 Å². The second-order valence-electron chi connectivity index (χ2n) is 6.31.